The van der Waals surface area contributed by atoms with E-state index in [-0.39, 0.29) is 12.3 Å². The lowest BCUT2D eigenvalue weighted by Crippen LogP contribution is -2.12. The second kappa shape index (κ2) is 14.5. The Morgan fingerprint density at radius 1 is 1.09 bits per heavy atom. The van der Waals surface area contributed by atoms with Crippen molar-refractivity contribution in [2.24, 2.45) is 0 Å². The molecule has 0 aliphatic rings. The predicted molar refractivity (Wildman–Crippen MR) is 119 cm³/mol. The Balaban J connectivity index is 0.00000161. The Kier molecular flexibility index (Phi) is 12.5. The van der Waals surface area contributed by atoms with Crippen LogP contribution < -0.4 is 4.74 Å². The number of alkyl halides is 3. The van der Waals surface area contributed by atoms with Gasteiger partial charge in [-0.05, 0) is 61.7 Å². The van der Waals surface area contributed by atoms with Crippen LogP contribution in [-0.4, -0.2) is 31.2 Å². The summed E-state index contributed by atoms with van der Waals surface area (Å²) in [6.07, 6.45) is 0.460. The first-order valence-corrected chi connectivity index (χ1v) is 11.1. The third-order valence-corrected chi connectivity index (χ3v) is 5.23. The molecule has 0 saturated heterocycles. The Morgan fingerprint density at radius 3 is 2.28 bits per heavy atom. The van der Waals surface area contributed by atoms with Crippen LogP contribution in [0.3, 0.4) is 0 Å². The van der Waals surface area contributed by atoms with Gasteiger partial charge in [0.1, 0.15) is 5.75 Å². The molecule has 0 aliphatic carbocycles. The van der Waals surface area contributed by atoms with Crippen LogP contribution in [0.5, 0.6) is 5.75 Å². The lowest BCUT2D eigenvalue weighted by molar-refractivity contribution is -0.191. The summed E-state index contributed by atoms with van der Waals surface area (Å²) in [5.41, 5.74) is 1.16. The largest absolute Gasteiger partial charge is 0.493 e. The molecule has 1 atom stereocenters. The molecular formula is C24H27F3O4S. The SMILES string of the molecule is CCCOc1ccc(SCC(/C=C/c2ccc(C(F)(F)F)cc2)OCC)cc1C.O=C=O. The molecule has 2 aromatic carbocycles. The minimum absolute atomic E-state index is 0.136. The van der Waals surface area contributed by atoms with Crippen LogP contribution in [0.2, 0.25) is 0 Å². The van der Waals surface area contributed by atoms with E-state index in [4.69, 9.17) is 19.1 Å². The van der Waals surface area contributed by atoms with Gasteiger partial charge < -0.3 is 9.47 Å². The van der Waals surface area contributed by atoms with Gasteiger partial charge >= 0.3 is 12.3 Å². The Morgan fingerprint density at radius 2 is 1.75 bits per heavy atom. The van der Waals surface area contributed by atoms with Crippen molar-refractivity contribution >= 4 is 24.0 Å². The average Bonchev–Trinajstić information content (AvgIpc) is 2.75. The monoisotopic (exact) mass is 468 g/mol. The predicted octanol–water partition coefficient (Wildman–Crippen LogP) is 6.43. The number of thioether (sulfide) groups is 1. The number of carbonyl (C=O) groups excluding carboxylic acids is 2. The molecular weight excluding hydrogens is 441 g/mol. The summed E-state index contributed by atoms with van der Waals surface area (Å²) in [6, 6.07) is 11.2. The van der Waals surface area contributed by atoms with Gasteiger partial charge in [0.25, 0.3) is 0 Å². The van der Waals surface area contributed by atoms with Crippen LogP contribution in [0.4, 0.5) is 13.2 Å². The smallest absolute Gasteiger partial charge is 0.416 e. The summed E-state index contributed by atoms with van der Waals surface area (Å²) in [4.78, 5) is 17.4. The van der Waals surface area contributed by atoms with E-state index >= 15 is 0 Å². The molecule has 4 nitrogen and oxygen atoms in total. The fraction of sp³-hybridized carbons (Fsp3) is 0.375. The maximum absolute atomic E-state index is 12.7. The number of benzene rings is 2. The third-order valence-electron chi connectivity index (χ3n) is 4.14. The molecule has 32 heavy (non-hydrogen) atoms. The first kappa shape index (κ1) is 27.5. The minimum Gasteiger partial charge on any atom is -0.493 e. The van der Waals surface area contributed by atoms with Crippen molar-refractivity contribution in [2.75, 3.05) is 19.0 Å². The molecule has 0 saturated carbocycles. The molecule has 0 N–H and O–H groups in total. The molecule has 1 unspecified atom stereocenters. The van der Waals surface area contributed by atoms with Crippen molar-refractivity contribution in [1.29, 1.82) is 0 Å². The number of ether oxygens (including phenoxy) is 2. The van der Waals surface area contributed by atoms with Crippen LogP contribution >= 0.6 is 11.8 Å². The molecule has 174 valence electrons. The third kappa shape index (κ3) is 10.2. The first-order valence-electron chi connectivity index (χ1n) is 10.1. The van der Waals surface area contributed by atoms with Crippen LogP contribution in [0.25, 0.3) is 6.08 Å². The van der Waals surface area contributed by atoms with Crippen molar-refractivity contribution < 1.29 is 32.2 Å². The highest BCUT2D eigenvalue weighted by molar-refractivity contribution is 7.99. The zero-order valence-corrected chi connectivity index (χ0v) is 19.1. The standard InChI is InChI=1S/C23H27F3O2S.CO2/c1-4-14-28-22-13-12-21(15-17(22)3)29-16-20(27-5-2)11-8-18-6-9-19(10-7-18)23(24,25)26;2-1-3/h6-13,15,20H,4-5,14,16H2,1-3H3;/b11-8+;. The van der Waals surface area contributed by atoms with Crippen LogP contribution in [-0.2, 0) is 20.5 Å². The lowest BCUT2D eigenvalue weighted by atomic mass is 10.1. The summed E-state index contributed by atoms with van der Waals surface area (Å²) >= 11 is 1.68. The average molecular weight is 469 g/mol. The molecule has 0 radical (unpaired) electrons. The van der Waals surface area contributed by atoms with Gasteiger partial charge in [0.2, 0.25) is 0 Å². The van der Waals surface area contributed by atoms with Crippen molar-refractivity contribution in [2.45, 2.75) is 44.4 Å². The van der Waals surface area contributed by atoms with Crippen LogP contribution in [0.15, 0.2) is 53.4 Å². The number of rotatable bonds is 10. The molecule has 8 heteroatoms. The highest BCUT2D eigenvalue weighted by Gasteiger charge is 2.29. The van der Waals surface area contributed by atoms with Gasteiger partial charge in [-0.25, -0.2) is 0 Å². The summed E-state index contributed by atoms with van der Waals surface area (Å²) in [5, 5.41) is 0. The van der Waals surface area contributed by atoms with Gasteiger partial charge in [-0.1, -0.05) is 31.2 Å². The molecule has 2 aromatic rings. The van der Waals surface area contributed by atoms with Gasteiger partial charge in [-0.3, -0.25) is 0 Å². The molecule has 0 heterocycles. The van der Waals surface area contributed by atoms with E-state index in [1.807, 2.05) is 32.1 Å². The number of hydrogen-bond acceptors (Lipinski definition) is 5. The number of aryl methyl sites for hydroxylation is 1. The molecule has 0 aliphatic heterocycles. The van der Waals surface area contributed by atoms with E-state index in [1.165, 1.54) is 12.1 Å². The van der Waals surface area contributed by atoms with Gasteiger partial charge in [-0.15, -0.1) is 11.8 Å². The zero-order valence-electron chi connectivity index (χ0n) is 18.3. The lowest BCUT2D eigenvalue weighted by Gasteiger charge is -2.14. The van der Waals surface area contributed by atoms with Crippen molar-refractivity contribution in [3.05, 3.63) is 65.2 Å². The summed E-state index contributed by atoms with van der Waals surface area (Å²) in [6.45, 7) is 7.29. The zero-order chi connectivity index (χ0) is 24.0. The molecule has 0 fully saturated rings. The van der Waals surface area contributed by atoms with E-state index in [0.717, 1.165) is 34.8 Å². The summed E-state index contributed by atoms with van der Waals surface area (Å²) in [5.74, 6) is 1.61. The Labute approximate surface area is 190 Å². The van der Waals surface area contributed by atoms with Crippen LogP contribution in [0, 0.1) is 6.92 Å². The van der Waals surface area contributed by atoms with Crippen molar-refractivity contribution in [3.63, 3.8) is 0 Å². The minimum atomic E-state index is -4.32. The fourth-order valence-corrected chi connectivity index (χ4v) is 3.63. The molecule has 0 bridgehead atoms. The van der Waals surface area contributed by atoms with Gasteiger partial charge in [-0.2, -0.15) is 22.8 Å². The maximum Gasteiger partial charge on any atom is 0.416 e. The Bertz CT molecular complexity index is 874. The fourth-order valence-electron chi connectivity index (χ4n) is 2.64. The van der Waals surface area contributed by atoms with Gasteiger partial charge in [0.05, 0.1) is 18.3 Å². The normalized spacial score (nSPS) is 12.1. The van der Waals surface area contributed by atoms with Gasteiger partial charge in [0, 0.05) is 17.3 Å². The van der Waals surface area contributed by atoms with Gasteiger partial charge in [0.15, 0.2) is 0 Å². The molecule has 0 aromatic heterocycles. The number of halogens is 3. The van der Waals surface area contributed by atoms with E-state index < -0.39 is 11.7 Å². The Hall–Kier alpha value is -2.54. The van der Waals surface area contributed by atoms with E-state index in [0.29, 0.717) is 24.5 Å². The second-order valence-electron chi connectivity index (χ2n) is 6.64. The van der Waals surface area contributed by atoms with E-state index in [2.05, 4.69) is 13.0 Å². The molecule has 0 amide bonds. The van der Waals surface area contributed by atoms with E-state index in [1.54, 1.807) is 17.8 Å². The first-order chi connectivity index (χ1) is 15.2. The highest BCUT2D eigenvalue weighted by atomic mass is 32.2. The van der Waals surface area contributed by atoms with E-state index in [9.17, 15) is 13.2 Å². The number of hydrogen-bond donors (Lipinski definition) is 0. The second-order valence-corrected chi connectivity index (χ2v) is 7.74. The van der Waals surface area contributed by atoms with Crippen LogP contribution in [0.1, 0.15) is 37.0 Å². The summed E-state index contributed by atoms with van der Waals surface area (Å²) in [7, 11) is 0. The topological polar surface area (TPSA) is 52.6 Å². The van der Waals surface area contributed by atoms with Crippen molar-refractivity contribution in [1.82, 2.24) is 0 Å². The van der Waals surface area contributed by atoms with Crippen molar-refractivity contribution in [3.8, 4) is 5.75 Å². The molecule has 2 rings (SSSR count). The molecule has 0 spiro atoms. The highest BCUT2D eigenvalue weighted by Crippen LogP contribution is 2.29. The summed E-state index contributed by atoms with van der Waals surface area (Å²) < 4.78 is 49.4. The quantitative estimate of drug-likeness (QED) is 0.376. The maximum atomic E-state index is 12.7.